The normalized spacial score (nSPS) is 12.0. The Kier molecular flexibility index (Phi) is 7.02. The Morgan fingerprint density at radius 2 is 1.71 bits per heavy atom. The minimum atomic E-state index is -1.23. The van der Waals surface area contributed by atoms with Gasteiger partial charge in [0.1, 0.15) is 6.04 Å². The van der Waals surface area contributed by atoms with Gasteiger partial charge < -0.3 is 16.2 Å². The van der Waals surface area contributed by atoms with Gasteiger partial charge >= 0.3 is 5.97 Å². The Morgan fingerprint density at radius 3 is 2.43 bits per heavy atom. The number of aromatic nitrogens is 2. The third kappa shape index (κ3) is 5.80. The molecule has 1 heterocycles. The van der Waals surface area contributed by atoms with E-state index in [9.17, 15) is 19.5 Å². The third-order valence-electron chi connectivity index (χ3n) is 5.49. The SMILES string of the molecule is NC(=O)CC[C@H](NC(=O)/C=C/c1cn(-c2ccccc2)nc1-c1ccc2ccccc2c1)C(=O)O. The van der Waals surface area contributed by atoms with Gasteiger partial charge in [-0.05, 0) is 41.5 Å². The quantitative estimate of drug-likeness (QED) is 0.324. The van der Waals surface area contributed by atoms with Crippen LogP contribution in [0.3, 0.4) is 0 Å². The summed E-state index contributed by atoms with van der Waals surface area (Å²) in [4.78, 5) is 34.9. The number of amides is 2. The lowest BCUT2D eigenvalue weighted by Crippen LogP contribution is -2.40. The molecule has 4 aromatic rings. The van der Waals surface area contributed by atoms with Crippen molar-refractivity contribution < 1.29 is 19.5 Å². The van der Waals surface area contributed by atoms with Crippen molar-refractivity contribution >= 4 is 34.6 Å². The fourth-order valence-corrected chi connectivity index (χ4v) is 3.71. The fourth-order valence-electron chi connectivity index (χ4n) is 3.71. The molecular weight excluding hydrogens is 444 g/mol. The van der Waals surface area contributed by atoms with Crippen molar-refractivity contribution in [3.8, 4) is 16.9 Å². The summed E-state index contributed by atoms with van der Waals surface area (Å²) in [5.74, 6) is -2.46. The topological polar surface area (TPSA) is 127 Å². The zero-order valence-electron chi connectivity index (χ0n) is 18.8. The number of nitrogens with two attached hydrogens (primary N) is 1. The van der Waals surface area contributed by atoms with E-state index in [1.807, 2.05) is 79.0 Å². The number of carboxylic acids is 1. The van der Waals surface area contributed by atoms with Crippen molar-refractivity contribution in [1.29, 1.82) is 0 Å². The summed E-state index contributed by atoms with van der Waals surface area (Å²) in [7, 11) is 0. The van der Waals surface area contributed by atoms with Crippen molar-refractivity contribution in [2.45, 2.75) is 18.9 Å². The van der Waals surface area contributed by atoms with E-state index in [4.69, 9.17) is 10.8 Å². The molecule has 0 saturated heterocycles. The molecule has 0 unspecified atom stereocenters. The first-order valence-electron chi connectivity index (χ1n) is 11.0. The molecule has 0 aliphatic heterocycles. The Balaban J connectivity index is 1.65. The molecule has 1 aromatic heterocycles. The van der Waals surface area contributed by atoms with E-state index in [0.29, 0.717) is 11.3 Å². The van der Waals surface area contributed by atoms with Crippen LogP contribution in [0, 0.1) is 0 Å². The third-order valence-corrected chi connectivity index (χ3v) is 5.49. The summed E-state index contributed by atoms with van der Waals surface area (Å²) >= 11 is 0. The average molecular weight is 469 g/mol. The number of primary amides is 1. The first-order valence-corrected chi connectivity index (χ1v) is 11.0. The molecule has 0 spiro atoms. The highest BCUT2D eigenvalue weighted by molar-refractivity contribution is 5.96. The summed E-state index contributed by atoms with van der Waals surface area (Å²) in [6, 6.07) is 22.4. The highest BCUT2D eigenvalue weighted by Crippen LogP contribution is 2.28. The van der Waals surface area contributed by atoms with Gasteiger partial charge in [-0.15, -0.1) is 0 Å². The number of carbonyl (C=O) groups excluding carboxylic acids is 2. The van der Waals surface area contributed by atoms with E-state index in [-0.39, 0.29) is 12.8 Å². The number of hydrogen-bond acceptors (Lipinski definition) is 4. The number of para-hydroxylation sites is 1. The van der Waals surface area contributed by atoms with E-state index >= 15 is 0 Å². The van der Waals surface area contributed by atoms with Crippen molar-refractivity contribution in [3.05, 3.63) is 90.6 Å². The van der Waals surface area contributed by atoms with Crippen LogP contribution in [0.2, 0.25) is 0 Å². The van der Waals surface area contributed by atoms with E-state index in [0.717, 1.165) is 22.0 Å². The van der Waals surface area contributed by atoms with Crippen LogP contribution < -0.4 is 11.1 Å². The molecule has 8 nitrogen and oxygen atoms in total. The largest absolute Gasteiger partial charge is 0.480 e. The summed E-state index contributed by atoms with van der Waals surface area (Å²) < 4.78 is 1.73. The highest BCUT2D eigenvalue weighted by Gasteiger charge is 2.19. The van der Waals surface area contributed by atoms with Crippen molar-refractivity contribution in [2.75, 3.05) is 0 Å². The number of hydrogen-bond donors (Lipinski definition) is 3. The monoisotopic (exact) mass is 468 g/mol. The summed E-state index contributed by atoms with van der Waals surface area (Å²) in [6.45, 7) is 0. The Labute approximate surface area is 201 Å². The van der Waals surface area contributed by atoms with Crippen molar-refractivity contribution in [1.82, 2.24) is 15.1 Å². The molecule has 3 aromatic carbocycles. The molecule has 4 rings (SSSR count). The van der Waals surface area contributed by atoms with Crippen LogP contribution in [0.4, 0.5) is 0 Å². The molecule has 35 heavy (non-hydrogen) atoms. The number of nitrogens with one attached hydrogen (secondary N) is 1. The Morgan fingerprint density at radius 1 is 1.00 bits per heavy atom. The van der Waals surface area contributed by atoms with Crippen molar-refractivity contribution in [3.63, 3.8) is 0 Å². The minimum Gasteiger partial charge on any atom is -0.480 e. The second-order valence-electron chi connectivity index (χ2n) is 8.01. The van der Waals surface area contributed by atoms with Crippen LogP contribution >= 0.6 is 0 Å². The molecule has 0 aliphatic rings. The molecular formula is C27H24N4O4. The van der Waals surface area contributed by atoms with Crippen LogP contribution in [0.1, 0.15) is 18.4 Å². The smallest absolute Gasteiger partial charge is 0.326 e. The molecule has 8 heteroatoms. The lowest BCUT2D eigenvalue weighted by atomic mass is 10.0. The summed E-state index contributed by atoms with van der Waals surface area (Å²) in [5, 5.41) is 18.7. The lowest BCUT2D eigenvalue weighted by molar-refractivity contribution is -0.141. The van der Waals surface area contributed by atoms with E-state index in [1.165, 1.54) is 6.08 Å². The number of nitrogens with zero attached hydrogens (tertiary/aromatic N) is 2. The van der Waals surface area contributed by atoms with Gasteiger partial charge in [-0.25, -0.2) is 9.48 Å². The van der Waals surface area contributed by atoms with Gasteiger partial charge in [-0.2, -0.15) is 5.10 Å². The molecule has 0 bridgehead atoms. The second-order valence-corrected chi connectivity index (χ2v) is 8.01. The van der Waals surface area contributed by atoms with Crippen molar-refractivity contribution in [2.24, 2.45) is 5.73 Å². The Bertz CT molecular complexity index is 1410. The first kappa shape index (κ1) is 23.4. The number of rotatable bonds is 9. The molecule has 0 saturated carbocycles. The van der Waals surface area contributed by atoms with Gasteiger partial charge in [0, 0.05) is 29.8 Å². The summed E-state index contributed by atoms with van der Waals surface area (Å²) in [5.41, 5.74) is 8.19. The molecule has 0 radical (unpaired) electrons. The second kappa shape index (κ2) is 10.5. The number of benzene rings is 3. The molecule has 0 fully saturated rings. The fraction of sp³-hybridized carbons (Fsp3) is 0.111. The van der Waals surface area contributed by atoms with E-state index in [2.05, 4.69) is 5.32 Å². The van der Waals surface area contributed by atoms with Crippen LogP contribution in [0.15, 0.2) is 85.1 Å². The first-order chi connectivity index (χ1) is 16.9. The Hall–Kier alpha value is -4.72. The van der Waals surface area contributed by atoms with E-state index < -0.39 is 23.8 Å². The maximum absolute atomic E-state index is 12.5. The van der Waals surface area contributed by atoms with Gasteiger partial charge in [-0.3, -0.25) is 9.59 Å². The predicted molar refractivity (Wildman–Crippen MR) is 134 cm³/mol. The maximum Gasteiger partial charge on any atom is 0.326 e. The van der Waals surface area contributed by atoms with Gasteiger partial charge in [-0.1, -0.05) is 54.6 Å². The van der Waals surface area contributed by atoms with E-state index in [1.54, 1.807) is 10.8 Å². The van der Waals surface area contributed by atoms with Gasteiger partial charge in [0.15, 0.2) is 0 Å². The molecule has 4 N–H and O–H groups in total. The zero-order valence-corrected chi connectivity index (χ0v) is 18.8. The highest BCUT2D eigenvalue weighted by atomic mass is 16.4. The van der Waals surface area contributed by atoms with Gasteiger partial charge in [0.05, 0.1) is 11.4 Å². The molecule has 2 amide bonds. The van der Waals surface area contributed by atoms with Crippen LogP contribution in [-0.2, 0) is 14.4 Å². The van der Waals surface area contributed by atoms with Crippen LogP contribution in [0.5, 0.6) is 0 Å². The van der Waals surface area contributed by atoms with Crippen LogP contribution in [-0.4, -0.2) is 38.7 Å². The predicted octanol–water partition coefficient (Wildman–Crippen LogP) is 3.54. The number of carbonyl (C=O) groups is 3. The number of carboxylic acid groups (broad SMARTS) is 1. The number of aliphatic carboxylic acids is 1. The standard InChI is InChI=1S/C27H24N4O4/c28-24(32)14-13-23(27(34)35)29-25(33)15-12-21-17-31(22-8-2-1-3-9-22)30-26(21)20-11-10-18-6-4-5-7-19(18)16-20/h1-12,15-17,23H,13-14H2,(H2,28,32)(H,29,33)(H,34,35)/b15-12+/t23-/m0/s1. The van der Waals surface area contributed by atoms with Gasteiger partial charge in [0.2, 0.25) is 11.8 Å². The zero-order chi connectivity index (χ0) is 24.8. The molecule has 1 atom stereocenters. The minimum absolute atomic E-state index is 0.0848. The van der Waals surface area contributed by atoms with Crippen LogP contribution in [0.25, 0.3) is 33.8 Å². The lowest BCUT2D eigenvalue weighted by Gasteiger charge is -2.11. The van der Waals surface area contributed by atoms with Gasteiger partial charge in [0.25, 0.3) is 0 Å². The molecule has 176 valence electrons. The maximum atomic E-state index is 12.5. The summed E-state index contributed by atoms with van der Waals surface area (Å²) in [6.07, 6.45) is 4.44. The molecule has 0 aliphatic carbocycles. The average Bonchev–Trinajstić information content (AvgIpc) is 3.29. The number of fused-ring (bicyclic) bond motifs is 1.